The molecule has 0 spiro atoms. The summed E-state index contributed by atoms with van der Waals surface area (Å²) in [7, 11) is 1.67. The van der Waals surface area contributed by atoms with Crippen molar-refractivity contribution in [3.8, 4) is 5.75 Å². The molecular formula is C17H20BrNO. The van der Waals surface area contributed by atoms with Crippen molar-refractivity contribution in [2.75, 3.05) is 7.11 Å². The van der Waals surface area contributed by atoms with Crippen molar-refractivity contribution in [3.63, 3.8) is 0 Å². The van der Waals surface area contributed by atoms with Crippen molar-refractivity contribution in [3.05, 3.63) is 63.6 Å². The second kappa shape index (κ2) is 6.91. The number of halogens is 1. The van der Waals surface area contributed by atoms with Crippen molar-refractivity contribution in [1.29, 1.82) is 0 Å². The number of rotatable bonds is 5. The molecule has 0 aliphatic carbocycles. The Kier molecular flexibility index (Phi) is 5.21. The van der Waals surface area contributed by atoms with Gasteiger partial charge in [-0.05, 0) is 36.1 Å². The zero-order valence-corrected chi connectivity index (χ0v) is 13.5. The van der Waals surface area contributed by atoms with Gasteiger partial charge in [0.25, 0.3) is 0 Å². The fraction of sp³-hybridized carbons (Fsp3) is 0.294. The Bertz CT molecular complexity index is 566. The van der Waals surface area contributed by atoms with Crippen molar-refractivity contribution in [1.82, 2.24) is 0 Å². The maximum Gasteiger partial charge on any atom is 0.124 e. The number of nitrogens with two attached hydrogens (primary N) is 1. The molecule has 0 fully saturated rings. The zero-order valence-electron chi connectivity index (χ0n) is 11.9. The first kappa shape index (κ1) is 15.1. The Hall–Kier alpha value is -1.32. The standard InChI is InChI=1S/C17H20BrNO/c1-3-12-4-6-13(7-5-12)10-16(19)15-9-8-14(18)11-17(15)20-2/h4-9,11,16H,3,10,19H2,1-2H3. The average Bonchev–Trinajstić information content (AvgIpc) is 2.47. The molecule has 106 valence electrons. The van der Waals surface area contributed by atoms with Gasteiger partial charge in [0.15, 0.2) is 0 Å². The molecule has 0 amide bonds. The molecule has 2 N–H and O–H groups in total. The fourth-order valence-corrected chi connectivity index (χ4v) is 2.61. The van der Waals surface area contributed by atoms with Crippen molar-refractivity contribution in [2.45, 2.75) is 25.8 Å². The van der Waals surface area contributed by atoms with Gasteiger partial charge in [-0.2, -0.15) is 0 Å². The van der Waals surface area contributed by atoms with Gasteiger partial charge in [0.05, 0.1) is 7.11 Å². The molecule has 2 rings (SSSR count). The highest BCUT2D eigenvalue weighted by atomic mass is 79.9. The summed E-state index contributed by atoms with van der Waals surface area (Å²) >= 11 is 3.45. The largest absolute Gasteiger partial charge is 0.496 e. The Morgan fingerprint density at radius 3 is 2.35 bits per heavy atom. The molecular weight excluding hydrogens is 314 g/mol. The Labute approximate surface area is 129 Å². The van der Waals surface area contributed by atoms with E-state index in [0.29, 0.717) is 0 Å². The molecule has 3 heteroatoms. The summed E-state index contributed by atoms with van der Waals surface area (Å²) in [6.45, 7) is 2.16. The van der Waals surface area contributed by atoms with Crippen LogP contribution in [0.4, 0.5) is 0 Å². The number of benzene rings is 2. The predicted molar refractivity (Wildman–Crippen MR) is 87.1 cm³/mol. The normalized spacial score (nSPS) is 12.2. The van der Waals surface area contributed by atoms with E-state index >= 15 is 0 Å². The van der Waals surface area contributed by atoms with E-state index in [1.165, 1.54) is 11.1 Å². The molecule has 0 aromatic heterocycles. The van der Waals surface area contributed by atoms with E-state index in [2.05, 4.69) is 47.1 Å². The van der Waals surface area contributed by atoms with Gasteiger partial charge in [0.1, 0.15) is 5.75 Å². The molecule has 0 aliphatic rings. The second-order valence-electron chi connectivity index (χ2n) is 4.87. The van der Waals surface area contributed by atoms with Gasteiger partial charge in [0, 0.05) is 16.1 Å². The molecule has 1 atom stereocenters. The second-order valence-corrected chi connectivity index (χ2v) is 5.78. The Morgan fingerprint density at radius 1 is 1.10 bits per heavy atom. The third-order valence-corrected chi connectivity index (χ3v) is 3.98. The van der Waals surface area contributed by atoms with Crippen LogP contribution in [0.1, 0.15) is 29.7 Å². The van der Waals surface area contributed by atoms with E-state index in [4.69, 9.17) is 10.5 Å². The molecule has 0 aliphatic heterocycles. The van der Waals surface area contributed by atoms with Crippen LogP contribution in [0.3, 0.4) is 0 Å². The van der Waals surface area contributed by atoms with Gasteiger partial charge in [0.2, 0.25) is 0 Å². The molecule has 0 bridgehead atoms. The summed E-state index contributed by atoms with van der Waals surface area (Å²) in [5.74, 6) is 0.831. The molecule has 0 heterocycles. The van der Waals surface area contributed by atoms with E-state index in [-0.39, 0.29) is 6.04 Å². The smallest absolute Gasteiger partial charge is 0.124 e. The van der Waals surface area contributed by atoms with Crippen molar-refractivity contribution < 1.29 is 4.74 Å². The van der Waals surface area contributed by atoms with Crippen LogP contribution < -0.4 is 10.5 Å². The minimum atomic E-state index is -0.0643. The molecule has 20 heavy (non-hydrogen) atoms. The van der Waals surface area contributed by atoms with Crippen molar-refractivity contribution in [2.24, 2.45) is 5.73 Å². The summed E-state index contributed by atoms with van der Waals surface area (Å²) in [5.41, 5.74) is 9.97. The van der Waals surface area contributed by atoms with Gasteiger partial charge in [-0.15, -0.1) is 0 Å². The van der Waals surface area contributed by atoms with Crippen molar-refractivity contribution >= 4 is 15.9 Å². The third kappa shape index (κ3) is 3.62. The zero-order chi connectivity index (χ0) is 14.5. The van der Waals surface area contributed by atoms with Crippen LogP contribution in [-0.4, -0.2) is 7.11 Å². The van der Waals surface area contributed by atoms with E-state index in [9.17, 15) is 0 Å². The number of ether oxygens (including phenoxy) is 1. The summed E-state index contributed by atoms with van der Waals surface area (Å²) < 4.78 is 6.41. The monoisotopic (exact) mass is 333 g/mol. The molecule has 2 aromatic rings. The topological polar surface area (TPSA) is 35.2 Å². The number of methoxy groups -OCH3 is 1. The highest BCUT2D eigenvalue weighted by Gasteiger charge is 2.13. The van der Waals surface area contributed by atoms with Crippen LogP contribution in [0.15, 0.2) is 46.9 Å². The van der Waals surface area contributed by atoms with Gasteiger partial charge in [-0.25, -0.2) is 0 Å². The molecule has 0 saturated heterocycles. The van der Waals surface area contributed by atoms with Crippen LogP contribution in [0.5, 0.6) is 5.75 Å². The fourth-order valence-electron chi connectivity index (χ4n) is 2.27. The lowest BCUT2D eigenvalue weighted by Gasteiger charge is -2.16. The maximum absolute atomic E-state index is 6.33. The van der Waals surface area contributed by atoms with Crippen LogP contribution in [0.2, 0.25) is 0 Å². The SMILES string of the molecule is CCc1ccc(CC(N)c2ccc(Br)cc2OC)cc1. The van der Waals surface area contributed by atoms with E-state index in [1.807, 2.05) is 18.2 Å². The highest BCUT2D eigenvalue weighted by molar-refractivity contribution is 9.10. The van der Waals surface area contributed by atoms with Gasteiger partial charge in [-0.3, -0.25) is 0 Å². The first-order chi connectivity index (χ1) is 9.63. The third-order valence-electron chi connectivity index (χ3n) is 3.48. The quantitative estimate of drug-likeness (QED) is 0.887. The first-order valence-corrected chi connectivity index (χ1v) is 7.60. The van der Waals surface area contributed by atoms with Gasteiger partial charge >= 0.3 is 0 Å². The molecule has 2 aromatic carbocycles. The lowest BCUT2D eigenvalue weighted by Crippen LogP contribution is -2.14. The Morgan fingerprint density at radius 2 is 1.75 bits per heavy atom. The minimum Gasteiger partial charge on any atom is -0.496 e. The average molecular weight is 334 g/mol. The van der Waals surface area contributed by atoms with E-state index in [0.717, 1.165) is 28.6 Å². The molecule has 1 unspecified atom stereocenters. The van der Waals surface area contributed by atoms with Crippen LogP contribution in [-0.2, 0) is 12.8 Å². The molecule has 0 saturated carbocycles. The predicted octanol–water partition coefficient (Wildman–Crippen LogP) is 4.26. The number of hydrogen-bond donors (Lipinski definition) is 1. The number of hydrogen-bond acceptors (Lipinski definition) is 2. The lowest BCUT2D eigenvalue weighted by atomic mass is 9.98. The van der Waals surface area contributed by atoms with Gasteiger partial charge < -0.3 is 10.5 Å². The summed E-state index contributed by atoms with van der Waals surface area (Å²) in [6, 6.07) is 14.6. The lowest BCUT2D eigenvalue weighted by molar-refractivity contribution is 0.405. The Balaban J connectivity index is 2.16. The highest BCUT2D eigenvalue weighted by Crippen LogP contribution is 2.29. The minimum absolute atomic E-state index is 0.0643. The van der Waals surface area contributed by atoms with E-state index < -0.39 is 0 Å². The first-order valence-electron chi connectivity index (χ1n) is 6.81. The summed E-state index contributed by atoms with van der Waals surface area (Å²) in [6.07, 6.45) is 1.87. The summed E-state index contributed by atoms with van der Waals surface area (Å²) in [4.78, 5) is 0. The molecule has 2 nitrogen and oxygen atoms in total. The van der Waals surface area contributed by atoms with Crippen LogP contribution >= 0.6 is 15.9 Å². The molecule has 0 radical (unpaired) electrons. The van der Waals surface area contributed by atoms with Crippen LogP contribution in [0, 0.1) is 0 Å². The van der Waals surface area contributed by atoms with Gasteiger partial charge in [-0.1, -0.05) is 53.2 Å². The summed E-state index contributed by atoms with van der Waals surface area (Å²) in [5, 5.41) is 0. The maximum atomic E-state index is 6.33. The van der Waals surface area contributed by atoms with Crippen LogP contribution in [0.25, 0.3) is 0 Å². The number of aryl methyl sites for hydroxylation is 1. The van der Waals surface area contributed by atoms with E-state index in [1.54, 1.807) is 7.11 Å².